The van der Waals surface area contributed by atoms with Crippen molar-refractivity contribution in [1.82, 2.24) is 9.78 Å². The average molecular weight is 556 g/mol. The van der Waals surface area contributed by atoms with Crippen LogP contribution >= 0.6 is 15.9 Å². The van der Waals surface area contributed by atoms with E-state index in [0.29, 0.717) is 0 Å². The summed E-state index contributed by atoms with van der Waals surface area (Å²) in [4.78, 5) is 0. The maximum atomic E-state index is 5.45. The summed E-state index contributed by atoms with van der Waals surface area (Å²) in [5, 5.41) is 5.45. The molecule has 1 heterocycles. The fourth-order valence-electron chi connectivity index (χ4n) is 5.29. The van der Waals surface area contributed by atoms with Crippen LogP contribution in [-0.4, -0.2) is 9.78 Å². The minimum Gasteiger partial charge on any atom is -0.243 e. The molecule has 0 spiro atoms. The van der Waals surface area contributed by atoms with Crippen molar-refractivity contribution in [3.63, 3.8) is 0 Å². The standard InChI is InChI=1S/C35H27BrN2/c1-26-22-24-28(25-23-26)34-32(36)33(27-14-6-2-7-15-27)37-38(34)35(29-16-8-3-9-17-29,30-18-10-4-11-19-30)31-20-12-5-13-21-31/h2-25H,1H3. The van der Waals surface area contributed by atoms with Crippen molar-refractivity contribution in [2.75, 3.05) is 0 Å². The van der Waals surface area contributed by atoms with E-state index in [9.17, 15) is 0 Å². The number of aromatic nitrogens is 2. The first-order chi connectivity index (χ1) is 18.7. The molecule has 0 saturated heterocycles. The molecule has 0 amide bonds. The molecular formula is C35H27BrN2. The van der Waals surface area contributed by atoms with Gasteiger partial charge in [-0.2, -0.15) is 5.10 Å². The Kier molecular flexibility index (Phi) is 6.53. The monoisotopic (exact) mass is 554 g/mol. The molecule has 5 aromatic carbocycles. The smallest absolute Gasteiger partial charge is 0.138 e. The van der Waals surface area contributed by atoms with E-state index in [0.717, 1.165) is 43.7 Å². The van der Waals surface area contributed by atoms with Gasteiger partial charge in [0.2, 0.25) is 0 Å². The van der Waals surface area contributed by atoms with Gasteiger partial charge in [-0.05, 0) is 39.5 Å². The van der Waals surface area contributed by atoms with Gasteiger partial charge in [0.25, 0.3) is 0 Å². The fraction of sp³-hybridized carbons (Fsp3) is 0.0571. The second-order valence-electron chi connectivity index (χ2n) is 9.46. The van der Waals surface area contributed by atoms with Crippen LogP contribution < -0.4 is 0 Å². The molecule has 0 radical (unpaired) electrons. The molecule has 6 aromatic rings. The third-order valence-corrected chi connectivity index (χ3v) is 7.84. The Labute approximate surface area is 232 Å². The molecule has 0 unspecified atom stereocenters. The Bertz CT molecular complexity index is 1540. The molecule has 0 aliphatic carbocycles. The Morgan fingerprint density at radius 2 is 0.947 bits per heavy atom. The average Bonchev–Trinajstić information content (AvgIpc) is 3.33. The fourth-order valence-corrected chi connectivity index (χ4v) is 5.99. The first kappa shape index (κ1) is 24.1. The molecule has 0 N–H and O–H groups in total. The van der Waals surface area contributed by atoms with Crippen molar-refractivity contribution in [3.8, 4) is 22.5 Å². The SMILES string of the molecule is Cc1ccc(-c2c(Br)c(-c3ccccc3)nn2C(c2ccccc2)(c2ccccc2)c2ccccc2)cc1. The summed E-state index contributed by atoms with van der Waals surface area (Å²) in [5.41, 5.74) is 8.02. The number of halogens is 1. The predicted molar refractivity (Wildman–Crippen MR) is 160 cm³/mol. The van der Waals surface area contributed by atoms with E-state index in [4.69, 9.17) is 5.10 Å². The van der Waals surface area contributed by atoms with Gasteiger partial charge in [0.1, 0.15) is 11.2 Å². The van der Waals surface area contributed by atoms with Gasteiger partial charge in [0.15, 0.2) is 0 Å². The second-order valence-corrected chi connectivity index (χ2v) is 10.3. The first-order valence-corrected chi connectivity index (χ1v) is 13.6. The highest BCUT2D eigenvalue weighted by Crippen LogP contribution is 2.47. The van der Waals surface area contributed by atoms with E-state index >= 15 is 0 Å². The van der Waals surface area contributed by atoms with Gasteiger partial charge in [-0.15, -0.1) is 0 Å². The van der Waals surface area contributed by atoms with Gasteiger partial charge < -0.3 is 0 Å². The third kappa shape index (κ3) is 4.09. The molecule has 0 aliphatic rings. The van der Waals surface area contributed by atoms with E-state index in [1.165, 1.54) is 5.56 Å². The van der Waals surface area contributed by atoms with Crippen LogP contribution in [0.5, 0.6) is 0 Å². The summed E-state index contributed by atoms with van der Waals surface area (Å²) in [6, 6.07) is 51.2. The maximum absolute atomic E-state index is 5.45. The molecule has 0 fully saturated rings. The van der Waals surface area contributed by atoms with Crippen LogP contribution in [0.3, 0.4) is 0 Å². The molecular weight excluding hydrogens is 528 g/mol. The Morgan fingerprint density at radius 1 is 0.526 bits per heavy atom. The number of benzene rings is 5. The molecule has 0 atom stereocenters. The van der Waals surface area contributed by atoms with Crippen LogP contribution in [0.4, 0.5) is 0 Å². The van der Waals surface area contributed by atoms with E-state index < -0.39 is 5.54 Å². The molecule has 38 heavy (non-hydrogen) atoms. The molecule has 2 nitrogen and oxygen atoms in total. The lowest BCUT2D eigenvalue weighted by atomic mass is 9.76. The zero-order chi connectivity index (χ0) is 26.0. The molecule has 1 aromatic heterocycles. The zero-order valence-corrected chi connectivity index (χ0v) is 22.7. The summed E-state index contributed by atoms with van der Waals surface area (Å²) < 4.78 is 3.20. The highest BCUT2D eigenvalue weighted by atomic mass is 79.9. The number of hydrogen-bond acceptors (Lipinski definition) is 1. The topological polar surface area (TPSA) is 17.8 Å². The molecule has 0 saturated carbocycles. The molecule has 3 heteroatoms. The van der Waals surface area contributed by atoms with Crippen LogP contribution in [0.15, 0.2) is 150 Å². The van der Waals surface area contributed by atoms with Crippen molar-refractivity contribution in [2.45, 2.75) is 12.5 Å². The lowest BCUT2D eigenvalue weighted by molar-refractivity contribution is 0.466. The van der Waals surface area contributed by atoms with Gasteiger partial charge in [-0.3, -0.25) is 0 Å². The summed E-state index contributed by atoms with van der Waals surface area (Å²) in [6.07, 6.45) is 0. The van der Waals surface area contributed by atoms with Gasteiger partial charge in [0.05, 0.1) is 10.2 Å². The van der Waals surface area contributed by atoms with Gasteiger partial charge >= 0.3 is 0 Å². The minimum absolute atomic E-state index is 0.723. The maximum Gasteiger partial charge on any atom is 0.138 e. The summed E-state index contributed by atoms with van der Waals surface area (Å²) in [6.45, 7) is 2.12. The second kappa shape index (κ2) is 10.3. The van der Waals surface area contributed by atoms with E-state index in [-0.39, 0.29) is 0 Å². The number of rotatable bonds is 6. The Balaban J connectivity index is 1.80. The van der Waals surface area contributed by atoms with E-state index in [1.807, 2.05) is 6.07 Å². The first-order valence-electron chi connectivity index (χ1n) is 12.8. The third-order valence-electron chi connectivity index (χ3n) is 7.09. The van der Waals surface area contributed by atoms with Crippen molar-refractivity contribution >= 4 is 15.9 Å². The quantitative estimate of drug-likeness (QED) is 0.188. The van der Waals surface area contributed by atoms with Gasteiger partial charge in [-0.25, -0.2) is 4.68 Å². The van der Waals surface area contributed by atoms with Crippen molar-refractivity contribution < 1.29 is 0 Å². The van der Waals surface area contributed by atoms with Crippen LogP contribution in [0, 0.1) is 6.92 Å². The van der Waals surface area contributed by atoms with E-state index in [2.05, 4.69) is 167 Å². The highest BCUT2D eigenvalue weighted by Gasteiger charge is 2.42. The number of hydrogen-bond donors (Lipinski definition) is 0. The zero-order valence-electron chi connectivity index (χ0n) is 21.1. The van der Waals surface area contributed by atoms with Crippen LogP contribution in [-0.2, 0) is 5.54 Å². The summed E-state index contributed by atoms with van der Waals surface area (Å²) in [5.74, 6) is 0. The molecule has 0 aliphatic heterocycles. The van der Waals surface area contributed by atoms with Crippen LogP contribution in [0.25, 0.3) is 22.5 Å². The number of nitrogens with zero attached hydrogens (tertiary/aromatic N) is 2. The Hall–Kier alpha value is -4.21. The molecule has 0 bridgehead atoms. The van der Waals surface area contributed by atoms with Crippen molar-refractivity contribution in [2.24, 2.45) is 0 Å². The molecule has 6 rings (SSSR count). The highest BCUT2D eigenvalue weighted by molar-refractivity contribution is 9.10. The minimum atomic E-state index is -0.723. The van der Waals surface area contributed by atoms with Crippen molar-refractivity contribution in [3.05, 3.63) is 172 Å². The van der Waals surface area contributed by atoms with Crippen LogP contribution in [0.2, 0.25) is 0 Å². The summed E-state index contributed by atoms with van der Waals surface area (Å²) >= 11 is 4.02. The molecule has 184 valence electrons. The van der Waals surface area contributed by atoms with E-state index in [1.54, 1.807) is 0 Å². The van der Waals surface area contributed by atoms with Gasteiger partial charge in [0, 0.05) is 11.1 Å². The Morgan fingerprint density at radius 3 is 1.39 bits per heavy atom. The van der Waals surface area contributed by atoms with Gasteiger partial charge in [-0.1, -0.05) is 151 Å². The predicted octanol–water partition coefficient (Wildman–Crippen LogP) is 9.13. The number of aryl methyl sites for hydroxylation is 1. The lowest BCUT2D eigenvalue weighted by Crippen LogP contribution is -2.39. The lowest BCUT2D eigenvalue weighted by Gasteiger charge is -2.37. The van der Waals surface area contributed by atoms with Crippen LogP contribution in [0.1, 0.15) is 22.3 Å². The summed E-state index contributed by atoms with van der Waals surface area (Å²) in [7, 11) is 0. The normalized spacial score (nSPS) is 11.4. The van der Waals surface area contributed by atoms with Crippen molar-refractivity contribution in [1.29, 1.82) is 0 Å². The largest absolute Gasteiger partial charge is 0.243 e.